The number of aromatic nitrogens is 1. The fourth-order valence-corrected chi connectivity index (χ4v) is 7.53. The number of rotatable bonds is 11. The molecule has 1 saturated carbocycles. The number of halogens is 1. The van der Waals surface area contributed by atoms with E-state index in [0.29, 0.717) is 39.9 Å². The molecule has 2 aromatic rings. The molecule has 1 aliphatic carbocycles. The van der Waals surface area contributed by atoms with Crippen molar-refractivity contribution in [3.8, 4) is 0 Å². The number of esters is 1. The van der Waals surface area contributed by atoms with Gasteiger partial charge in [-0.3, -0.25) is 9.59 Å². The van der Waals surface area contributed by atoms with E-state index in [1.807, 2.05) is 13.8 Å². The first-order valence-electron chi connectivity index (χ1n) is 16.4. The summed E-state index contributed by atoms with van der Waals surface area (Å²) in [5.74, 6) is -3.62. The highest BCUT2D eigenvalue weighted by molar-refractivity contribution is 7.99. The first kappa shape index (κ1) is 38.1. The second-order valence-electron chi connectivity index (χ2n) is 13.2. The summed E-state index contributed by atoms with van der Waals surface area (Å²) in [5.41, 5.74) is 0.881. The lowest BCUT2D eigenvalue weighted by Crippen LogP contribution is -2.40. The quantitative estimate of drug-likeness (QED) is 0.0966. The summed E-state index contributed by atoms with van der Waals surface area (Å²) in [5, 5.41) is 24.0. The van der Waals surface area contributed by atoms with Crippen LogP contribution in [0, 0.1) is 31.6 Å². The van der Waals surface area contributed by atoms with Crippen molar-refractivity contribution in [2.75, 3.05) is 11.1 Å². The molecule has 5 N–H and O–H groups in total. The highest BCUT2D eigenvalue weighted by atomic mass is 32.2. The number of allylic oxidation sites excluding steroid dienone is 1. The number of amidine groups is 1. The Hall–Kier alpha value is -4.72. The number of thioether (sulfide) groups is 1. The summed E-state index contributed by atoms with van der Waals surface area (Å²) in [6.07, 6.45) is 1.68. The predicted molar refractivity (Wildman–Crippen MR) is 188 cm³/mol. The van der Waals surface area contributed by atoms with Crippen LogP contribution in [0.15, 0.2) is 44.9 Å². The van der Waals surface area contributed by atoms with E-state index in [-0.39, 0.29) is 69.8 Å². The maximum atomic E-state index is 16.3. The van der Waals surface area contributed by atoms with Crippen molar-refractivity contribution in [2.24, 2.45) is 22.7 Å². The fraction of sp³-hybridized carbons (Fsp3) is 0.444. The minimum absolute atomic E-state index is 0.0249. The van der Waals surface area contributed by atoms with Crippen molar-refractivity contribution in [3.05, 3.63) is 63.0 Å². The van der Waals surface area contributed by atoms with Gasteiger partial charge < -0.3 is 30.6 Å². The summed E-state index contributed by atoms with van der Waals surface area (Å²) in [6, 6.07) is 3.80. The number of ether oxygens (including phenoxy) is 1. The number of benzene rings is 1. The van der Waals surface area contributed by atoms with Crippen LogP contribution in [0.25, 0.3) is 5.83 Å². The third-order valence-corrected chi connectivity index (χ3v) is 10.1. The number of anilines is 1. The van der Waals surface area contributed by atoms with Gasteiger partial charge in [0.2, 0.25) is 11.8 Å². The van der Waals surface area contributed by atoms with Crippen molar-refractivity contribution in [1.29, 1.82) is 0 Å². The lowest BCUT2D eigenvalue weighted by atomic mass is 9.75. The Morgan fingerprint density at radius 1 is 0.960 bits per heavy atom. The number of carbonyl (C=O) groups is 5. The van der Waals surface area contributed by atoms with E-state index in [4.69, 9.17) is 4.74 Å². The number of hydrogen-bond donors (Lipinski definition) is 5. The van der Waals surface area contributed by atoms with Crippen molar-refractivity contribution in [3.63, 3.8) is 0 Å². The maximum Gasteiger partial charge on any atom is 0.342 e. The summed E-state index contributed by atoms with van der Waals surface area (Å²) in [6.45, 7) is 12.5. The molecule has 0 spiro atoms. The van der Waals surface area contributed by atoms with Crippen LogP contribution in [0.3, 0.4) is 0 Å². The van der Waals surface area contributed by atoms with E-state index in [9.17, 15) is 34.2 Å². The third kappa shape index (κ3) is 8.70. The molecule has 1 aromatic heterocycles. The van der Waals surface area contributed by atoms with Gasteiger partial charge in [-0.25, -0.2) is 23.8 Å². The highest BCUT2D eigenvalue weighted by Gasteiger charge is 2.38. The molecule has 0 bridgehead atoms. The van der Waals surface area contributed by atoms with E-state index in [1.165, 1.54) is 37.7 Å². The number of aromatic amines is 1. The third-order valence-electron chi connectivity index (χ3n) is 9.07. The van der Waals surface area contributed by atoms with Crippen LogP contribution < -0.4 is 10.6 Å². The lowest BCUT2D eigenvalue weighted by molar-refractivity contribution is -0.152. The molecule has 1 aromatic carbocycles. The van der Waals surface area contributed by atoms with Crippen LogP contribution >= 0.6 is 11.8 Å². The first-order chi connectivity index (χ1) is 23.5. The predicted octanol–water partition coefficient (Wildman–Crippen LogP) is 6.66. The largest absolute Gasteiger partial charge is 0.478 e. The monoisotopic (exact) mass is 710 g/mol. The Balaban J connectivity index is 1.57. The van der Waals surface area contributed by atoms with E-state index in [2.05, 4.69) is 27.5 Å². The molecule has 2 aliphatic rings. The van der Waals surface area contributed by atoms with Crippen LogP contribution in [-0.2, 0) is 19.1 Å². The average Bonchev–Trinajstić information content (AvgIpc) is 3.50. The fourth-order valence-electron chi connectivity index (χ4n) is 6.58. The Kier molecular flexibility index (Phi) is 12.1. The normalized spacial score (nSPS) is 21.4. The van der Waals surface area contributed by atoms with Crippen LogP contribution in [0.4, 0.5) is 10.2 Å². The number of carboxylic acids is 2. The maximum absolute atomic E-state index is 16.3. The van der Waals surface area contributed by atoms with Gasteiger partial charge in [0.25, 0.3) is 0 Å². The molecule has 2 unspecified atom stereocenters. The number of carboxylic acid groups (broad SMARTS) is 2. The van der Waals surface area contributed by atoms with Gasteiger partial charge in [0.15, 0.2) is 5.83 Å². The molecular weight excluding hydrogens is 667 g/mol. The number of aliphatic imine (C=N–C) groups is 1. The van der Waals surface area contributed by atoms with E-state index in [1.54, 1.807) is 13.8 Å². The van der Waals surface area contributed by atoms with Gasteiger partial charge in [-0.05, 0) is 98.4 Å². The second-order valence-corrected chi connectivity index (χ2v) is 14.4. The Labute approximate surface area is 294 Å². The van der Waals surface area contributed by atoms with Crippen molar-refractivity contribution in [1.82, 2.24) is 10.3 Å². The second kappa shape index (κ2) is 15.9. The molecule has 2 heterocycles. The van der Waals surface area contributed by atoms with E-state index in [0.717, 1.165) is 18.9 Å². The van der Waals surface area contributed by atoms with Gasteiger partial charge >= 0.3 is 17.9 Å². The van der Waals surface area contributed by atoms with Gasteiger partial charge in [0, 0.05) is 18.2 Å². The van der Waals surface area contributed by atoms with Crippen molar-refractivity contribution >= 4 is 59.0 Å². The standard InChI is InChI=1S/C36H43FN4O8S/c1-16-11-17(2)31(18(3)12-16)49-36(48)27-21(6)30(28(37)29-19(4)20(5)32(40-29)38-22(7)42)41-33(27)39-26(43)9-8-10-50-25-14-23(34(44)45)13-24(15-25)35(46)47/h13-18,31,40H,8-12H2,1-7H3,(H,38,42)(H,44,45)(H,46,47)(H,39,41,43)/b30-28+. The topological polar surface area (TPSA) is 187 Å². The number of aromatic carboxylic acids is 2. The van der Waals surface area contributed by atoms with Gasteiger partial charge in [-0.2, -0.15) is 0 Å². The van der Waals surface area contributed by atoms with Crippen molar-refractivity contribution in [2.45, 2.75) is 85.1 Å². The number of nitrogens with one attached hydrogen (secondary N) is 3. The molecule has 12 nitrogen and oxygen atoms in total. The van der Waals surface area contributed by atoms with Crippen LogP contribution in [0.5, 0.6) is 0 Å². The lowest BCUT2D eigenvalue weighted by Gasteiger charge is -2.37. The van der Waals surface area contributed by atoms with Gasteiger partial charge in [0.05, 0.1) is 16.8 Å². The molecule has 1 fully saturated rings. The molecule has 2 atom stereocenters. The molecule has 0 radical (unpaired) electrons. The van der Waals surface area contributed by atoms with Crippen LogP contribution in [0.2, 0.25) is 0 Å². The smallest absolute Gasteiger partial charge is 0.342 e. The number of hydrogen-bond acceptors (Lipinski definition) is 8. The van der Waals surface area contributed by atoms with Gasteiger partial charge in [-0.1, -0.05) is 20.8 Å². The summed E-state index contributed by atoms with van der Waals surface area (Å²) in [4.78, 5) is 69.3. The summed E-state index contributed by atoms with van der Waals surface area (Å²) >= 11 is 1.20. The molecule has 4 rings (SSSR count). The molecule has 1 aliphatic heterocycles. The Morgan fingerprint density at radius 3 is 2.12 bits per heavy atom. The Morgan fingerprint density at radius 2 is 1.56 bits per heavy atom. The summed E-state index contributed by atoms with van der Waals surface area (Å²) < 4.78 is 22.3. The van der Waals surface area contributed by atoms with E-state index >= 15 is 4.39 Å². The number of carbonyl (C=O) groups excluding carboxylic acids is 3. The van der Waals surface area contributed by atoms with Crippen molar-refractivity contribution < 1.29 is 43.3 Å². The highest BCUT2D eigenvalue weighted by Crippen LogP contribution is 2.39. The first-order valence-corrected chi connectivity index (χ1v) is 17.4. The Bertz CT molecular complexity index is 1780. The minimum atomic E-state index is -1.26. The molecule has 0 saturated heterocycles. The average molecular weight is 711 g/mol. The zero-order valence-corrected chi connectivity index (χ0v) is 30.0. The van der Waals surface area contributed by atoms with E-state index < -0.39 is 29.6 Å². The van der Waals surface area contributed by atoms with Crippen LogP contribution in [0.1, 0.15) is 97.8 Å². The molecule has 2 amide bonds. The van der Waals surface area contributed by atoms with Gasteiger partial charge in [0.1, 0.15) is 29.0 Å². The molecular formula is C36H43FN4O8S. The number of H-pyrrole nitrogens is 1. The molecule has 50 heavy (non-hydrogen) atoms. The zero-order valence-electron chi connectivity index (χ0n) is 29.2. The molecule has 268 valence electrons. The number of nitrogens with zero attached hydrogens (tertiary/aromatic N) is 1. The summed E-state index contributed by atoms with van der Waals surface area (Å²) in [7, 11) is 0. The SMILES string of the molecule is CC(=O)Nc1[nH]c(/C(F)=C2\N=C(NC(=O)CCCSc3cc(C(=O)O)cc(C(=O)O)c3)C(C(=O)OC3C(C)CC(C)CC3C)=C2C)c(C)c1C. The zero-order chi connectivity index (χ0) is 37.0. The number of amides is 2. The molecule has 14 heteroatoms. The minimum Gasteiger partial charge on any atom is -0.478 e. The van der Waals surface area contributed by atoms with Gasteiger partial charge in [-0.15, -0.1) is 11.8 Å². The van der Waals surface area contributed by atoms with Crippen LogP contribution in [-0.4, -0.2) is 62.6 Å².